The van der Waals surface area contributed by atoms with Crippen molar-refractivity contribution in [2.75, 3.05) is 19.7 Å². The fourth-order valence-corrected chi connectivity index (χ4v) is 2.30. The van der Waals surface area contributed by atoms with Crippen LogP contribution in [0.2, 0.25) is 0 Å². The van der Waals surface area contributed by atoms with E-state index in [1.54, 1.807) is 6.07 Å². The minimum absolute atomic E-state index is 0.0606. The molecule has 6 heteroatoms. The Morgan fingerprint density at radius 1 is 1.45 bits per heavy atom. The number of hydrogen-bond donors (Lipinski definition) is 1. The minimum atomic E-state index is -4.30. The van der Waals surface area contributed by atoms with Crippen molar-refractivity contribution in [1.29, 1.82) is 0 Å². The van der Waals surface area contributed by atoms with E-state index < -0.39 is 11.7 Å². The van der Waals surface area contributed by atoms with Crippen molar-refractivity contribution in [2.45, 2.75) is 31.8 Å². The molecule has 20 heavy (non-hydrogen) atoms. The van der Waals surface area contributed by atoms with E-state index in [2.05, 4.69) is 4.90 Å². The highest BCUT2D eigenvalue weighted by Crippen LogP contribution is 2.29. The first-order valence-corrected chi connectivity index (χ1v) is 6.62. The normalized spacial score (nSPS) is 22.8. The fraction of sp³-hybridized carbons (Fsp3) is 0.571. The van der Waals surface area contributed by atoms with Gasteiger partial charge in [0, 0.05) is 25.7 Å². The van der Waals surface area contributed by atoms with Crippen molar-refractivity contribution in [3.05, 3.63) is 35.4 Å². The molecule has 0 amide bonds. The standard InChI is InChI=1S/C14H19F3N2O/c1-10(18)13-9-19(5-6-20-13)8-11-3-2-4-12(7-11)14(15,16)17/h2-4,7,10,13H,5-6,8-9,18H2,1H3. The zero-order valence-corrected chi connectivity index (χ0v) is 11.4. The number of ether oxygens (including phenoxy) is 1. The lowest BCUT2D eigenvalue weighted by atomic mass is 10.1. The highest BCUT2D eigenvalue weighted by atomic mass is 19.4. The van der Waals surface area contributed by atoms with Crippen LogP contribution in [0.15, 0.2) is 24.3 Å². The average Bonchev–Trinajstić information content (AvgIpc) is 2.38. The Labute approximate surface area is 116 Å². The Morgan fingerprint density at radius 2 is 2.20 bits per heavy atom. The van der Waals surface area contributed by atoms with Gasteiger partial charge in [0.2, 0.25) is 0 Å². The molecule has 0 aromatic heterocycles. The highest BCUT2D eigenvalue weighted by molar-refractivity contribution is 5.25. The first-order chi connectivity index (χ1) is 9.36. The van der Waals surface area contributed by atoms with E-state index in [9.17, 15) is 13.2 Å². The molecule has 112 valence electrons. The quantitative estimate of drug-likeness (QED) is 0.927. The van der Waals surface area contributed by atoms with Crippen molar-refractivity contribution >= 4 is 0 Å². The van der Waals surface area contributed by atoms with E-state index in [1.807, 2.05) is 6.92 Å². The third-order valence-corrected chi connectivity index (χ3v) is 3.42. The lowest BCUT2D eigenvalue weighted by molar-refractivity contribution is -0.137. The lowest BCUT2D eigenvalue weighted by Gasteiger charge is -2.34. The van der Waals surface area contributed by atoms with Crippen LogP contribution in [0, 0.1) is 0 Å². The zero-order valence-electron chi connectivity index (χ0n) is 11.4. The molecule has 1 aromatic rings. The molecule has 2 rings (SSSR count). The SMILES string of the molecule is CC(N)C1CN(Cc2cccc(C(F)(F)F)c2)CCO1. The van der Waals surface area contributed by atoms with E-state index in [-0.39, 0.29) is 12.1 Å². The van der Waals surface area contributed by atoms with E-state index >= 15 is 0 Å². The fourth-order valence-electron chi connectivity index (χ4n) is 2.30. The molecule has 3 nitrogen and oxygen atoms in total. The molecule has 0 aliphatic carbocycles. The van der Waals surface area contributed by atoms with Gasteiger partial charge < -0.3 is 10.5 Å². The maximum absolute atomic E-state index is 12.7. The Bertz CT molecular complexity index is 448. The molecule has 1 heterocycles. The predicted octanol–water partition coefficient (Wildman–Crippen LogP) is 2.25. The molecule has 1 aliphatic heterocycles. The molecule has 2 unspecified atom stereocenters. The molecule has 1 aromatic carbocycles. The second kappa shape index (κ2) is 6.11. The van der Waals surface area contributed by atoms with Crippen LogP contribution in [-0.4, -0.2) is 36.7 Å². The van der Waals surface area contributed by atoms with Gasteiger partial charge in [-0.3, -0.25) is 4.90 Å². The van der Waals surface area contributed by atoms with Crippen LogP contribution in [0.4, 0.5) is 13.2 Å². The van der Waals surface area contributed by atoms with Gasteiger partial charge in [-0.15, -0.1) is 0 Å². The first kappa shape index (κ1) is 15.3. The van der Waals surface area contributed by atoms with Crippen LogP contribution in [0.5, 0.6) is 0 Å². The summed E-state index contributed by atoms with van der Waals surface area (Å²) in [5.41, 5.74) is 5.86. The molecular formula is C14H19F3N2O. The molecule has 0 spiro atoms. The first-order valence-electron chi connectivity index (χ1n) is 6.62. The number of alkyl halides is 3. The third kappa shape index (κ3) is 3.94. The number of morpholine rings is 1. The van der Waals surface area contributed by atoms with Gasteiger partial charge >= 0.3 is 6.18 Å². The molecule has 1 saturated heterocycles. The molecule has 2 N–H and O–H groups in total. The van der Waals surface area contributed by atoms with Gasteiger partial charge in [-0.2, -0.15) is 13.2 Å². The second-order valence-electron chi connectivity index (χ2n) is 5.20. The molecule has 1 fully saturated rings. The number of nitrogens with zero attached hydrogens (tertiary/aromatic N) is 1. The summed E-state index contributed by atoms with van der Waals surface area (Å²) in [5.74, 6) is 0. The summed E-state index contributed by atoms with van der Waals surface area (Å²) in [5, 5.41) is 0. The largest absolute Gasteiger partial charge is 0.416 e. The number of nitrogens with two attached hydrogens (primary N) is 1. The van der Waals surface area contributed by atoms with Crippen molar-refractivity contribution in [3.8, 4) is 0 Å². The monoisotopic (exact) mass is 288 g/mol. The second-order valence-corrected chi connectivity index (χ2v) is 5.20. The van der Waals surface area contributed by atoms with Gasteiger partial charge in [-0.1, -0.05) is 18.2 Å². The molecule has 0 saturated carbocycles. The number of hydrogen-bond acceptors (Lipinski definition) is 3. The van der Waals surface area contributed by atoms with Crippen molar-refractivity contribution in [3.63, 3.8) is 0 Å². The highest BCUT2D eigenvalue weighted by Gasteiger charge is 2.30. The van der Waals surface area contributed by atoms with E-state index in [0.717, 1.165) is 6.07 Å². The molecule has 0 radical (unpaired) electrons. The van der Waals surface area contributed by atoms with Gasteiger partial charge in [-0.05, 0) is 18.6 Å². The summed E-state index contributed by atoms with van der Waals surface area (Å²) >= 11 is 0. The van der Waals surface area contributed by atoms with Crippen LogP contribution in [0.3, 0.4) is 0 Å². The Kier molecular flexibility index (Phi) is 4.67. The minimum Gasteiger partial charge on any atom is -0.374 e. The summed E-state index contributed by atoms with van der Waals surface area (Å²) in [6.45, 7) is 4.27. The Balaban J connectivity index is 2.03. The molecule has 2 atom stereocenters. The third-order valence-electron chi connectivity index (χ3n) is 3.42. The summed E-state index contributed by atoms with van der Waals surface area (Å²) in [6.07, 6.45) is -4.36. The number of halogens is 3. The van der Waals surface area contributed by atoms with Crippen molar-refractivity contribution in [2.24, 2.45) is 5.73 Å². The van der Waals surface area contributed by atoms with Gasteiger partial charge in [0.15, 0.2) is 0 Å². The molecular weight excluding hydrogens is 269 g/mol. The number of rotatable bonds is 3. The van der Waals surface area contributed by atoms with Gasteiger partial charge in [0.1, 0.15) is 0 Å². The van der Waals surface area contributed by atoms with Crippen LogP contribution in [0.1, 0.15) is 18.1 Å². The average molecular weight is 288 g/mol. The van der Waals surface area contributed by atoms with Gasteiger partial charge in [0.05, 0.1) is 18.3 Å². The van der Waals surface area contributed by atoms with Gasteiger partial charge in [-0.25, -0.2) is 0 Å². The van der Waals surface area contributed by atoms with Crippen LogP contribution in [0.25, 0.3) is 0 Å². The van der Waals surface area contributed by atoms with Crippen molar-refractivity contribution in [1.82, 2.24) is 4.90 Å². The predicted molar refractivity (Wildman–Crippen MR) is 70.1 cm³/mol. The van der Waals surface area contributed by atoms with E-state index in [0.29, 0.717) is 31.8 Å². The van der Waals surface area contributed by atoms with Crippen LogP contribution < -0.4 is 5.73 Å². The summed E-state index contributed by atoms with van der Waals surface area (Å²) in [6, 6.07) is 5.37. The van der Waals surface area contributed by atoms with E-state index in [1.165, 1.54) is 12.1 Å². The van der Waals surface area contributed by atoms with Crippen LogP contribution >= 0.6 is 0 Å². The van der Waals surface area contributed by atoms with Gasteiger partial charge in [0.25, 0.3) is 0 Å². The summed E-state index contributed by atoms with van der Waals surface area (Å²) < 4.78 is 43.5. The van der Waals surface area contributed by atoms with Crippen molar-refractivity contribution < 1.29 is 17.9 Å². The summed E-state index contributed by atoms with van der Waals surface area (Å²) in [4.78, 5) is 2.08. The topological polar surface area (TPSA) is 38.5 Å². The lowest BCUT2D eigenvalue weighted by Crippen LogP contribution is -2.49. The van der Waals surface area contributed by atoms with Crippen LogP contribution in [-0.2, 0) is 17.5 Å². The van der Waals surface area contributed by atoms with E-state index in [4.69, 9.17) is 10.5 Å². The molecule has 0 bridgehead atoms. The maximum Gasteiger partial charge on any atom is 0.416 e. The zero-order chi connectivity index (χ0) is 14.8. The summed E-state index contributed by atoms with van der Waals surface area (Å²) in [7, 11) is 0. The Morgan fingerprint density at radius 3 is 2.85 bits per heavy atom. The maximum atomic E-state index is 12.7. The molecule has 1 aliphatic rings. The smallest absolute Gasteiger partial charge is 0.374 e. The Hall–Kier alpha value is -1.11. The number of benzene rings is 1.